The standard InChI is InChI=1S/C12H16N2O3S/c1-12(2,3)18(16,17)14-11-9-10(5-4-8-15)6-7-13-11/h6-7,9,15H,8H2,1-3H3,(H,13,14). The number of aliphatic hydroxyl groups is 1. The highest BCUT2D eigenvalue weighted by Gasteiger charge is 2.29. The van der Waals surface area contributed by atoms with Crippen LogP contribution in [0.4, 0.5) is 5.82 Å². The maximum absolute atomic E-state index is 11.9. The maximum atomic E-state index is 11.9. The van der Waals surface area contributed by atoms with Crippen molar-refractivity contribution < 1.29 is 13.5 Å². The van der Waals surface area contributed by atoms with Gasteiger partial charge in [0.2, 0.25) is 10.0 Å². The first-order valence-corrected chi connectivity index (χ1v) is 6.83. The second-order valence-corrected chi connectivity index (χ2v) is 7.04. The highest BCUT2D eigenvalue weighted by atomic mass is 32.2. The van der Waals surface area contributed by atoms with Gasteiger partial charge in [-0.2, -0.15) is 0 Å². The third-order valence-electron chi connectivity index (χ3n) is 2.12. The van der Waals surface area contributed by atoms with Gasteiger partial charge in [0.15, 0.2) is 0 Å². The molecule has 0 atom stereocenters. The number of nitrogens with zero attached hydrogens (tertiary/aromatic N) is 1. The van der Waals surface area contributed by atoms with Gasteiger partial charge in [0.25, 0.3) is 0 Å². The number of sulfonamides is 1. The molecule has 0 radical (unpaired) electrons. The van der Waals surface area contributed by atoms with E-state index in [2.05, 4.69) is 21.5 Å². The largest absolute Gasteiger partial charge is 0.384 e. The van der Waals surface area contributed by atoms with Gasteiger partial charge in [-0.3, -0.25) is 4.72 Å². The molecule has 0 saturated carbocycles. The van der Waals surface area contributed by atoms with E-state index >= 15 is 0 Å². The van der Waals surface area contributed by atoms with Crippen LogP contribution in [-0.2, 0) is 10.0 Å². The van der Waals surface area contributed by atoms with Gasteiger partial charge in [-0.05, 0) is 32.9 Å². The molecule has 2 N–H and O–H groups in total. The number of aliphatic hydroxyl groups excluding tert-OH is 1. The van der Waals surface area contributed by atoms with Gasteiger partial charge in [0.1, 0.15) is 12.4 Å². The summed E-state index contributed by atoms with van der Waals surface area (Å²) < 4.78 is 25.3. The molecular formula is C12H16N2O3S. The van der Waals surface area contributed by atoms with Gasteiger partial charge in [-0.25, -0.2) is 13.4 Å². The first-order valence-electron chi connectivity index (χ1n) is 5.34. The second kappa shape index (κ2) is 5.38. The Hall–Kier alpha value is -1.58. The average Bonchev–Trinajstić information content (AvgIpc) is 2.24. The molecule has 0 aliphatic heterocycles. The second-order valence-electron chi connectivity index (χ2n) is 4.61. The van der Waals surface area contributed by atoms with Crippen molar-refractivity contribution in [1.82, 2.24) is 4.98 Å². The zero-order chi connectivity index (χ0) is 13.8. The lowest BCUT2D eigenvalue weighted by Crippen LogP contribution is -2.33. The summed E-state index contributed by atoms with van der Waals surface area (Å²) in [5, 5.41) is 8.59. The van der Waals surface area contributed by atoms with E-state index < -0.39 is 14.8 Å². The minimum Gasteiger partial charge on any atom is -0.384 e. The maximum Gasteiger partial charge on any atom is 0.238 e. The molecule has 0 unspecified atom stereocenters. The van der Waals surface area contributed by atoms with Crippen molar-refractivity contribution in [1.29, 1.82) is 0 Å². The first-order chi connectivity index (χ1) is 8.26. The first kappa shape index (κ1) is 14.5. The van der Waals surface area contributed by atoms with E-state index in [1.807, 2.05) is 0 Å². The number of nitrogens with one attached hydrogen (secondary N) is 1. The predicted octanol–water partition coefficient (Wildman–Crippen LogP) is 0.966. The molecule has 1 rings (SSSR count). The highest BCUT2D eigenvalue weighted by Crippen LogP contribution is 2.18. The van der Waals surface area contributed by atoms with Crippen LogP contribution in [0.3, 0.4) is 0 Å². The quantitative estimate of drug-likeness (QED) is 0.783. The summed E-state index contributed by atoms with van der Waals surface area (Å²) in [5.74, 6) is 5.39. The van der Waals surface area contributed by atoms with Crippen molar-refractivity contribution in [3.05, 3.63) is 23.9 Å². The van der Waals surface area contributed by atoms with Crippen molar-refractivity contribution >= 4 is 15.8 Å². The third-order valence-corrected chi connectivity index (χ3v) is 4.21. The number of hydrogen-bond acceptors (Lipinski definition) is 4. The van der Waals surface area contributed by atoms with Gasteiger partial charge < -0.3 is 5.11 Å². The van der Waals surface area contributed by atoms with E-state index in [9.17, 15) is 8.42 Å². The van der Waals surface area contributed by atoms with Gasteiger partial charge in [-0.15, -0.1) is 0 Å². The Balaban J connectivity index is 3.00. The molecule has 1 heterocycles. The molecule has 0 fully saturated rings. The number of hydrogen-bond donors (Lipinski definition) is 2. The molecule has 0 aliphatic carbocycles. The van der Waals surface area contributed by atoms with E-state index in [1.54, 1.807) is 26.8 Å². The third kappa shape index (κ3) is 3.72. The number of anilines is 1. The van der Waals surface area contributed by atoms with Crippen LogP contribution in [0, 0.1) is 11.8 Å². The molecule has 5 nitrogen and oxygen atoms in total. The average molecular weight is 268 g/mol. The SMILES string of the molecule is CC(C)(C)S(=O)(=O)Nc1cc(C#CCO)ccn1. The van der Waals surface area contributed by atoms with E-state index in [4.69, 9.17) is 5.11 Å². The van der Waals surface area contributed by atoms with Gasteiger partial charge >= 0.3 is 0 Å². The Morgan fingerprint density at radius 3 is 2.67 bits per heavy atom. The van der Waals surface area contributed by atoms with Crippen LogP contribution in [0.1, 0.15) is 26.3 Å². The van der Waals surface area contributed by atoms with Crippen molar-refractivity contribution in [3.8, 4) is 11.8 Å². The zero-order valence-corrected chi connectivity index (χ0v) is 11.4. The minimum absolute atomic E-state index is 0.217. The van der Waals surface area contributed by atoms with Crippen molar-refractivity contribution in [2.24, 2.45) is 0 Å². The molecule has 1 aromatic rings. The fourth-order valence-corrected chi connectivity index (χ4v) is 1.69. The normalized spacial score (nSPS) is 11.6. The van der Waals surface area contributed by atoms with Crippen molar-refractivity contribution in [2.45, 2.75) is 25.5 Å². The lowest BCUT2D eigenvalue weighted by molar-refractivity contribution is 0.350. The summed E-state index contributed by atoms with van der Waals surface area (Å²) in [4.78, 5) is 3.93. The van der Waals surface area contributed by atoms with Gasteiger partial charge in [-0.1, -0.05) is 11.8 Å². The minimum atomic E-state index is -3.50. The zero-order valence-electron chi connectivity index (χ0n) is 10.6. The molecule has 0 spiro atoms. The van der Waals surface area contributed by atoms with Crippen LogP contribution < -0.4 is 4.72 Å². The topological polar surface area (TPSA) is 79.3 Å². The predicted molar refractivity (Wildman–Crippen MR) is 70.5 cm³/mol. The van der Waals surface area contributed by atoms with E-state index in [1.165, 1.54) is 12.3 Å². The summed E-state index contributed by atoms with van der Waals surface area (Å²) in [5.41, 5.74) is 0.589. The van der Waals surface area contributed by atoms with Crippen molar-refractivity contribution in [3.63, 3.8) is 0 Å². The Morgan fingerprint density at radius 1 is 1.44 bits per heavy atom. The number of rotatable bonds is 2. The molecule has 98 valence electrons. The van der Waals surface area contributed by atoms with Crippen LogP contribution in [0.15, 0.2) is 18.3 Å². The molecule has 0 bridgehead atoms. The Labute approximate surface area is 107 Å². The molecular weight excluding hydrogens is 252 g/mol. The van der Waals surface area contributed by atoms with Gasteiger partial charge in [0.05, 0.1) is 4.75 Å². The van der Waals surface area contributed by atoms with Crippen LogP contribution in [0.2, 0.25) is 0 Å². The van der Waals surface area contributed by atoms with Crippen LogP contribution in [0.25, 0.3) is 0 Å². The number of aromatic nitrogens is 1. The smallest absolute Gasteiger partial charge is 0.238 e. The molecule has 18 heavy (non-hydrogen) atoms. The molecule has 0 saturated heterocycles. The molecule has 0 amide bonds. The van der Waals surface area contributed by atoms with E-state index in [0.29, 0.717) is 5.56 Å². The summed E-state index contributed by atoms with van der Waals surface area (Å²) >= 11 is 0. The number of pyridine rings is 1. The lowest BCUT2D eigenvalue weighted by Gasteiger charge is -2.19. The van der Waals surface area contributed by atoms with Crippen molar-refractivity contribution in [2.75, 3.05) is 11.3 Å². The summed E-state index contributed by atoms with van der Waals surface area (Å²) in [7, 11) is -3.50. The fraction of sp³-hybridized carbons (Fsp3) is 0.417. The van der Waals surface area contributed by atoms with Crippen LogP contribution >= 0.6 is 0 Å². The van der Waals surface area contributed by atoms with Gasteiger partial charge in [0, 0.05) is 11.8 Å². The Kier molecular flexibility index (Phi) is 4.33. The summed E-state index contributed by atoms with van der Waals surface area (Å²) in [6, 6.07) is 3.16. The van der Waals surface area contributed by atoms with Crippen LogP contribution in [-0.4, -0.2) is 29.9 Å². The monoisotopic (exact) mass is 268 g/mol. The van der Waals surface area contributed by atoms with E-state index in [0.717, 1.165) is 0 Å². The fourth-order valence-electron chi connectivity index (χ4n) is 0.996. The summed E-state index contributed by atoms with van der Waals surface area (Å²) in [6.07, 6.45) is 1.46. The molecule has 6 heteroatoms. The molecule has 0 aliphatic rings. The Morgan fingerprint density at radius 2 is 2.11 bits per heavy atom. The Bertz CT molecular complexity index is 577. The molecule has 1 aromatic heterocycles. The van der Waals surface area contributed by atoms with E-state index in [-0.39, 0.29) is 12.4 Å². The lowest BCUT2D eigenvalue weighted by atomic mass is 10.2. The highest BCUT2D eigenvalue weighted by molar-refractivity contribution is 7.94. The summed E-state index contributed by atoms with van der Waals surface area (Å²) in [6.45, 7) is 4.56. The van der Waals surface area contributed by atoms with Crippen LogP contribution in [0.5, 0.6) is 0 Å². The molecule has 0 aromatic carbocycles.